The van der Waals surface area contributed by atoms with Crippen LogP contribution in [0.15, 0.2) is 36.4 Å². The summed E-state index contributed by atoms with van der Waals surface area (Å²) in [6.45, 7) is 5.01. The minimum atomic E-state index is -0.150. The molecule has 2 aromatic carbocycles. The first-order chi connectivity index (χ1) is 12.9. The second-order valence-corrected chi connectivity index (χ2v) is 7.94. The van der Waals surface area contributed by atoms with Crippen LogP contribution in [0.2, 0.25) is 20.1 Å². The number of benzene rings is 2. The third-order valence-electron chi connectivity index (χ3n) is 4.54. The molecule has 0 atom stereocenters. The average molecular weight is 447 g/mol. The van der Waals surface area contributed by atoms with Crippen molar-refractivity contribution in [1.29, 1.82) is 0 Å². The predicted octanol–water partition coefficient (Wildman–Crippen LogP) is 4.85. The second kappa shape index (κ2) is 9.35. The molecule has 0 aliphatic carbocycles. The molecule has 1 amide bonds. The van der Waals surface area contributed by atoms with Crippen LogP contribution in [-0.4, -0.2) is 50.1 Å². The summed E-state index contributed by atoms with van der Waals surface area (Å²) in [6.07, 6.45) is 0. The second-order valence-electron chi connectivity index (χ2n) is 6.31. The lowest BCUT2D eigenvalue weighted by atomic mass is 10.2. The van der Waals surface area contributed by atoms with E-state index in [9.17, 15) is 4.79 Å². The number of halogens is 4. The molecular weight excluding hydrogens is 428 g/mol. The Labute approximate surface area is 178 Å². The Morgan fingerprint density at radius 1 is 0.852 bits per heavy atom. The minimum Gasteiger partial charge on any atom is -0.369 e. The largest absolute Gasteiger partial charge is 0.369 e. The summed E-state index contributed by atoms with van der Waals surface area (Å²) in [6, 6.07) is 10.6. The van der Waals surface area contributed by atoms with E-state index in [1.165, 1.54) is 0 Å². The van der Waals surface area contributed by atoms with Gasteiger partial charge in [-0.05, 0) is 36.4 Å². The molecule has 1 aliphatic rings. The van der Waals surface area contributed by atoms with Crippen molar-refractivity contribution in [3.05, 3.63) is 62.1 Å². The van der Waals surface area contributed by atoms with Crippen molar-refractivity contribution in [3.8, 4) is 0 Å². The van der Waals surface area contributed by atoms with Gasteiger partial charge in [-0.2, -0.15) is 0 Å². The Morgan fingerprint density at radius 2 is 1.48 bits per heavy atom. The molecule has 0 bridgehead atoms. The molecule has 1 N–H and O–H groups in total. The molecule has 1 fully saturated rings. The molecule has 144 valence electrons. The Hall–Kier alpha value is -1.17. The molecule has 0 aromatic heterocycles. The van der Waals surface area contributed by atoms with Crippen LogP contribution in [-0.2, 0) is 0 Å². The van der Waals surface area contributed by atoms with E-state index in [1.54, 1.807) is 18.2 Å². The van der Waals surface area contributed by atoms with Crippen LogP contribution >= 0.6 is 46.4 Å². The van der Waals surface area contributed by atoms with Gasteiger partial charge in [-0.25, -0.2) is 0 Å². The van der Waals surface area contributed by atoms with Gasteiger partial charge in [-0.3, -0.25) is 9.69 Å². The number of carbonyl (C=O) groups is 1. The molecule has 0 saturated carbocycles. The number of anilines is 1. The van der Waals surface area contributed by atoms with Gasteiger partial charge in [-0.15, -0.1) is 0 Å². The van der Waals surface area contributed by atoms with Crippen molar-refractivity contribution in [1.82, 2.24) is 10.2 Å². The highest BCUT2D eigenvalue weighted by atomic mass is 35.5. The fourth-order valence-corrected chi connectivity index (χ4v) is 3.57. The molecule has 0 unspecified atom stereocenters. The Kier molecular flexibility index (Phi) is 7.12. The summed E-state index contributed by atoms with van der Waals surface area (Å²) in [5, 5.41) is 4.87. The van der Waals surface area contributed by atoms with Crippen molar-refractivity contribution in [2.24, 2.45) is 0 Å². The van der Waals surface area contributed by atoms with Gasteiger partial charge in [0, 0.05) is 50.5 Å². The minimum absolute atomic E-state index is 0.150. The maximum atomic E-state index is 12.2. The third kappa shape index (κ3) is 5.43. The molecule has 3 rings (SSSR count). The quantitative estimate of drug-likeness (QED) is 0.712. The lowest BCUT2D eigenvalue weighted by Crippen LogP contribution is -2.48. The fraction of sp³-hybridized carbons (Fsp3) is 0.316. The number of nitrogens with zero attached hydrogens (tertiary/aromatic N) is 2. The van der Waals surface area contributed by atoms with Crippen molar-refractivity contribution < 1.29 is 4.79 Å². The first kappa shape index (κ1) is 20.6. The van der Waals surface area contributed by atoms with Crippen LogP contribution in [0.25, 0.3) is 0 Å². The van der Waals surface area contributed by atoms with Gasteiger partial charge in [0.05, 0.1) is 20.1 Å². The predicted molar refractivity (Wildman–Crippen MR) is 114 cm³/mol. The summed E-state index contributed by atoms with van der Waals surface area (Å²) in [5.41, 5.74) is 1.59. The van der Waals surface area contributed by atoms with Gasteiger partial charge in [-0.1, -0.05) is 46.4 Å². The molecular formula is C19H19Cl4N3O. The van der Waals surface area contributed by atoms with Gasteiger partial charge in [0.2, 0.25) is 0 Å². The summed E-state index contributed by atoms with van der Waals surface area (Å²) in [5.74, 6) is -0.150. The van der Waals surface area contributed by atoms with E-state index in [1.807, 2.05) is 18.2 Å². The summed E-state index contributed by atoms with van der Waals surface area (Å²) < 4.78 is 0. The maximum Gasteiger partial charge on any atom is 0.251 e. The van der Waals surface area contributed by atoms with Crippen LogP contribution in [0, 0.1) is 0 Å². The fourth-order valence-electron chi connectivity index (χ4n) is 2.98. The molecule has 27 heavy (non-hydrogen) atoms. The van der Waals surface area contributed by atoms with E-state index >= 15 is 0 Å². The van der Waals surface area contributed by atoms with Gasteiger partial charge in [0.1, 0.15) is 0 Å². The first-order valence-electron chi connectivity index (χ1n) is 8.59. The highest BCUT2D eigenvalue weighted by Gasteiger charge is 2.18. The number of carbonyl (C=O) groups excluding carboxylic acids is 1. The van der Waals surface area contributed by atoms with Crippen molar-refractivity contribution in [2.45, 2.75) is 0 Å². The Bertz CT molecular complexity index is 823. The van der Waals surface area contributed by atoms with E-state index in [2.05, 4.69) is 15.1 Å². The number of piperazine rings is 1. The molecule has 1 aliphatic heterocycles. The summed E-state index contributed by atoms with van der Waals surface area (Å²) in [7, 11) is 0. The molecule has 1 saturated heterocycles. The molecule has 4 nitrogen and oxygen atoms in total. The van der Waals surface area contributed by atoms with Crippen LogP contribution < -0.4 is 10.2 Å². The zero-order valence-electron chi connectivity index (χ0n) is 14.5. The van der Waals surface area contributed by atoms with Crippen LogP contribution in [0.5, 0.6) is 0 Å². The number of nitrogens with one attached hydrogen (secondary N) is 1. The molecule has 0 spiro atoms. The van der Waals surface area contributed by atoms with E-state index < -0.39 is 0 Å². The van der Waals surface area contributed by atoms with E-state index in [-0.39, 0.29) is 5.91 Å². The first-order valence-corrected chi connectivity index (χ1v) is 10.1. The topological polar surface area (TPSA) is 35.6 Å². The molecule has 2 aromatic rings. The van der Waals surface area contributed by atoms with Crippen molar-refractivity contribution >= 4 is 58.0 Å². The number of amides is 1. The highest BCUT2D eigenvalue weighted by Crippen LogP contribution is 2.27. The summed E-state index contributed by atoms with van der Waals surface area (Å²) >= 11 is 23.9. The molecule has 0 radical (unpaired) electrons. The van der Waals surface area contributed by atoms with Crippen molar-refractivity contribution in [3.63, 3.8) is 0 Å². The standard InChI is InChI=1S/C19H19Cl4N3O/c20-15-3-1-13(11-17(15)22)19(27)24-5-6-25-7-9-26(10-8-25)14-2-4-16(21)18(23)12-14/h1-4,11-12H,5-10H2,(H,24,27). The molecule has 8 heteroatoms. The zero-order chi connectivity index (χ0) is 19.4. The van der Waals surface area contributed by atoms with E-state index in [4.69, 9.17) is 46.4 Å². The van der Waals surface area contributed by atoms with Crippen molar-refractivity contribution in [2.75, 3.05) is 44.2 Å². The number of rotatable bonds is 5. The average Bonchev–Trinajstić information content (AvgIpc) is 2.66. The molecule has 1 heterocycles. The SMILES string of the molecule is O=C(NCCN1CCN(c2ccc(Cl)c(Cl)c2)CC1)c1ccc(Cl)c(Cl)c1. The van der Waals surface area contributed by atoms with E-state index in [0.717, 1.165) is 38.4 Å². The van der Waals surface area contributed by atoms with Crippen LogP contribution in [0.3, 0.4) is 0 Å². The lowest BCUT2D eigenvalue weighted by Gasteiger charge is -2.36. The highest BCUT2D eigenvalue weighted by molar-refractivity contribution is 6.42. The van der Waals surface area contributed by atoms with Gasteiger partial charge >= 0.3 is 0 Å². The lowest BCUT2D eigenvalue weighted by molar-refractivity contribution is 0.0948. The number of hydrogen-bond donors (Lipinski definition) is 1. The zero-order valence-corrected chi connectivity index (χ0v) is 17.5. The van der Waals surface area contributed by atoms with Crippen LogP contribution in [0.1, 0.15) is 10.4 Å². The number of hydrogen-bond acceptors (Lipinski definition) is 3. The monoisotopic (exact) mass is 445 g/mol. The smallest absolute Gasteiger partial charge is 0.251 e. The maximum absolute atomic E-state index is 12.2. The van der Waals surface area contributed by atoms with Gasteiger partial charge in [0.25, 0.3) is 5.91 Å². The Balaban J connectivity index is 1.43. The van der Waals surface area contributed by atoms with Gasteiger partial charge in [0.15, 0.2) is 0 Å². The van der Waals surface area contributed by atoms with Crippen LogP contribution in [0.4, 0.5) is 5.69 Å². The Morgan fingerprint density at radius 3 is 2.11 bits per heavy atom. The van der Waals surface area contributed by atoms with E-state index in [0.29, 0.717) is 32.2 Å². The van der Waals surface area contributed by atoms with Gasteiger partial charge < -0.3 is 10.2 Å². The normalized spacial score (nSPS) is 15.0. The third-order valence-corrected chi connectivity index (χ3v) is 6.01. The summed E-state index contributed by atoms with van der Waals surface area (Å²) in [4.78, 5) is 16.8.